The summed E-state index contributed by atoms with van der Waals surface area (Å²) in [5, 5.41) is 2.67. The van der Waals surface area contributed by atoms with Crippen LogP contribution >= 0.6 is 0 Å². The van der Waals surface area contributed by atoms with E-state index in [-0.39, 0.29) is 6.29 Å². The average Bonchev–Trinajstić information content (AvgIpc) is 0.730. The Balaban J connectivity index is 0.000000161. The number of hydrogen-bond donors (Lipinski definition) is 0. The molecule has 23 rings (SSSR count). The number of hydrogen-bond acceptors (Lipinski definition) is 3. The van der Waals surface area contributed by atoms with E-state index in [1.54, 1.807) is 66.4 Å². The molecule has 18 aliphatic rings. The number of benzene rings is 5. The highest BCUT2D eigenvalue weighted by Crippen LogP contribution is 2.73. The molecule has 11 unspecified atom stereocenters. The molecule has 744 valence electrons. The zero-order valence-corrected chi connectivity index (χ0v) is 91.7. The van der Waals surface area contributed by atoms with Gasteiger partial charge in [-0.1, -0.05) is 324 Å². The molecule has 0 N–H and O–H groups in total. The summed E-state index contributed by atoms with van der Waals surface area (Å²) in [6.45, 7) is 66.5. The van der Waals surface area contributed by atoms with Crippen LogP contribution in [0.25, 0.3) is 10.8 Å². The highest BCUT2D eigenvalue weighted by molar-refractivity contribution is 5.83. The minimum absolute atomic E-state index is 0.0196. The van der Waals surface area contributed by atoms with Gasteiger partial charge in [-0.25, -0.2) is 0 Å². The van der Waals surface area contributed by atoms with E-state index in [4.69, 9.17) is 14.2 Å². The summed E-state index contributed by atoms with van der Waals surface area (Å²) in [7, 11) is 0. The lowest BCUT2D eigenvalue weighted by atomic mass is 9.37. The van der Waals surface area contributed by atoms with E-state index in [2.05, 4.69) is 302 Å². The molecule has 132 heavy (non-hydrogen) atoms. The van der Waals surface area contributed by atoms with E-state index in [1.807, 2.05) is 6.92 Å². The van der Waals surface area contributed by atoms with Gasteiger partial charge in [0.15, 0.2) is 6.29 Å². The lowest BCUT2D eigenvalue weighted by molar-refractivity contribution is -0.187. The lowest BCUT2D eigenvalue weighted by Gasteiger charge is -2.68. The average molecular weight is 1810 g/mol. The number of allylic oxidation sites excluding steroid dienone is 4. The van der Waals surface area contributed by atoms with Crippen LogP contribution in [0.2, 0.25) is 0 Å². The fraction of sp³-hybridized carbons (Fsp3) is 0.752. The van der Waals surface area contributed by atoms with Crippen LogP contribution in [0, 0.1) is 181 Å². The van der Waals surface area contributed by atoms with E-state index in [0.29, 0.717) is 12.0 Å². The summed E-state index contributed by atoms with van der Waals surface area (Å²) in [6.07, 6.45) is 66.1. The fourth-order valence-corrected chi connectivity index (χ4v) is 26.8. The van der Waals surface area contributed by atoms with Crippen molar-refractivity contribution in [3.8, 4) is 0 Å². The molecule has 3 spiro atoms. The van der Waals surface area contributed by atoms with Crippen molar-refractivity contribution in [2.24, 2.45) is 140 Å². The molecule has 5 aromatic carbocycles. The highest BCUT2D eigenvalue weighted by atomic mass is 16.7. The third-order valence-corrected chi connectivity index (χ3v) is 35.2. The summed E-state index contributed by atoms with van der Waals surface area (Å²) in [4.78, 5) is 0. The largest absolute Gasteiger partial charge is 0.378 e. The van der Waals surface area contributed by atoms with Crippen LogP contribution in [0.1, 0.15) is 439 Å². The van der Waals surface area contributed by atoms with Gasteiger partial charge in [0.1, 0.15) is 0 Å². The van der Waals surface area contributed by atoms with Crippen molar-refractivity contribution in [3.05, 3.63) is 176 Å². The topological polar surface area (TPSA) is 27.7 Å². The minimum Gasteiger partial charge on any atom is -0.378 e. The van der Waals surface area contributed by atoms with Gasteiger partial charge in [-0.05, 0) is 447 Å². The summed E-state index contributed by atoms with van der Waals surface area (Å²) in [5.41, 5.74) is 20.2. The van der Waals surface area contributed by atoms with Crippen LogP contribution in [0.15, 0.2) is 121 Å². The minimum atomic E-state index is 0.0196. The summed E-state index contributed by atoms with van der Waals surface area (Å²) in [5.74, 6) is 18.4. The highest BCUT2D eigenvalue weighted by Gasteiger charge is 2.62. The Morgan fingerprint density at radius 2 is 0.621 bits per heavy atom. The Labute approximate surface area is 818 Å². The van der Waals surface area contributed by atoms with Gasteiger partial charge in [0, 0.05) is 12.5 Å². The first-order valence-corrected chi connectivity index (χ1v) is 56.3. The van der Waals surface area contributed by atoms with Crippen molar-refractivity contribution in [3.63, 3.8) is 0 Å². The molecule has 0 aromatic heterocycles. The molecule has 14 fully saturated rings. The molecule has 2 saturated heterocycles. The summed E-state index contributed by atoms with van der Waals surface area (Å²) < 4.78 is 15.7. The summed E-state index contributed by atoms with van der Waals surface area (Å²) >= 11 is 0. The first kappa shape index (κ1) is 111. The van der Waals surface area contributed by atoms with Crippen LogP contribution in [0.5, 0.6) is 0 Å². The Morgan fingerprint density at radius 3 is 0.985 bits per heavy atom. The second-order valence-electron chi connectivity index (χ2n) is 51.9. The Kier molecular flexibility index (Phi) is 45.5. The standard InChI is InChI=1S/C12H20.C12H22.C12H16.C12H12.C11H14.C10H18.C9H16.C8H16.2C8H14.C8H10.C7H14O.C6H12O2.C6H12/c1-9-3-11(4-9)7-12(8-11)5-10(2)6-12;3*1-9-3-5-12-8-10(2)4-6-11(12)7-9;1-8-3-4-10-6-9(2)7-11(10)5-8;1-9-3-6-10(2,7-4-9)8-5-9;1-7-3-9(4-7)5-8(2)6-9;4*1-7-3-5-8(2)6-4-7;1-6-3-4-7(2)8-5-6;1-5-3-7-6(2)8-4-5;1-5-3-6(2)4-5/h9-10H,3-8H2,1-2H3;9-12H,3-8H2,1-2H3;3,5,7,10H,4,6,8H2,1-2H3;3-8H,1-2H3;3-5,9H,6-7H2,1-2H3;3-8H2,1-2H3;7-8H,3-6H2,1-2H3;7-8H,3-6H2,1-2H3;3,8H,4-6H2,1-2H3;3,5,7-8H,4,6H2,1-2H3;3-6H,1-2H3;6-7H,3-5H2,1-2H3;5-6H,3-4H2,1-2H3;5-6H,3-4H2,1-2H3. The van der Waals surface area contributed by atoms with Crippen LogP contribution in [0.4, 0.5) is 0 Å². The lowest BCUT2D eigenvalue weighted by Crippen LogP contribution is -2.57. The maximum Gasteiger partial charge on any atom is 0.154 e. The Bertz CT molecular complexity index is 3840. The predicted octanol–water partition coefficient (Wildman–Crippen LogP) is 38.4. The zero-order chi connectivity index (χ0) is 96.1. The third kappa shape index (κ3) is 39.1. The number of aryl methyl sites for hydroxylation is 7. The van der Waals surface area contributed by atoms with Gasteiger partial charge < -0.3 is 14.2 Å². The predicted molar refractivity (Wildman–Crippen MR) is 579 cm³/mol. The molecule has 0 radical (unpaired) electrons. The van der Waals surface area contributed by atoms with E-state index < -0.39 is 0 Å². The number of rotatable bonds is 0. The van der Waals surface area contributed by atoms with E-state index >= 15 is 0 Å². The van der Waals surface area contributed by atoms with E-state index in [1.165, 1.54) is 262 Å². The van der Waals surface area contributed by atoms with Gasteiger partial charge in [-0.15, -0.1) is 0 Å². The van der Waals surface area contributed by atoms with Crippen molar-refractivity contribution in [1.82, 2.24) is 0 Å². The van der Waals surface area contributed by atoms with Crippen molar-refractivity contribution in [2.75, 3.05) is 19.8 Å². The molecule has 11 atom stereocenters. The maximum atomic E-state index is 5.39. The van der Waals surface area contributed by atoms with E-state index in [9.17, 15) is 0 Å². The number of ether oxygens (including phenoxy) is 3. The van der Waals surface area contributed by atoms with Crippen molar-refractivity contribution in [1.29, 1.82) is 0 Å². The molecule has 12 saturated carbocycles. The van der Waals surface area contributed by atoms with Gasteiger partial charge in [0.2, 0.25) is 0 Å². The molecular weight excluding hydrogens is 1600 g/mol. The quantitative estimate of drug-likeness (QED) is 0.145. The molecule has 3 heteroatoms. The molecule has 3 nitrogen and oxygen atoms in total. The third-order valence-electron chi connectivity index (χ3n) is 35.2. The first-order chi connectivity index (χ1) is 62.5. The Morgan fingerprint density at radius 1 is 0.265 bits per heavy atom. The molecule has 0 amide bonds. The molecule has 16 aliphatic carbocycles. The summed E-state index contributed by atoms with van der Waals surface area (Å²) in [6, 6.07) is 35.3. The zero-order valence-electron chi connectivity index (χ0n) is 91.7. The van der Waals surface area contributed by atoms with Crippen LogP contribution in [-0.4, -0.2) is 32.2 Å². The van der Waals surface area contributed by atoms with Crippen LogP contribution < -0.4 is 0 Å². The molecule has 2 heterocycles. The SMILES string of the molecule is CC12CCC(C)(CC1)CC2.CC1=CCC(C)CC1.CC1C=CC(C)CC1.CC1CC(C)C1.CC1CC2(C1)CC(C)C2.CC1CC2(C1)CC1(CC(C)C1)C2.CC1CCC(C)CC1.CC1CCC(C)OC1.CC1CCC2CC(C)CCC2C1.CC1COC(C)OC1.Cc1ccc(C)cc1.Cc1ccc2c(c1)CC(C)C2.Cc1ccc2c(c1)CCC(C)C2.Cc1ccc2cc(C)ccc2c1. The van der Waals surface area contributed by atoms with Gasteiger partial charge in [0.05, 0.1) is 19.3 Å². The van der Waals surface area contributed by atoms with Crippen molar-refractivity contribution >= 4 is 10.8 Å². The van der Waals surface area contributed by atoms with Crippen molar-refractivity contribution < 1.29 is 14.2 Å². The molecule has 5 aromatic rings. The molecule has 2 aliphatic heterocycles. The first-order valence-electron chi connectivity index (χ1n) is 56.3. The second-order valence-corrected chi connectivity index (χ2v) is 51.9. The normalized spacial score (nSPS) is 36.7. The molecular formula is C129H210O3. The monoisotopic (exact) mass is 1810 g/mol. The van der Waals surface area contributed by atoms with Crippen LogP contribution in [0.3, 0.4) is 0 Å². The smallest absolute Gasteiger partial charge is 0.154 e. The van der Waals surface area contributed by atoms with Gasteiger partial charge in [0.25, 0.3) is 0 Å². The van der Waals surface area contributed by atoms with Gasteiger partial charge in [-0.2, -0.15) is 0 Å². The van der Waals surface area contributed by atoms with Gasteiger partial charge in [-0.3, -0.25) is 0 Å². The van der Waals surface area contributed by atoms with Crippen molar-refractivity contribution in [2.45, 2.75) is 463 Å². The maximum absolute atomic E-state index is 5.39. The number of fused-ring (bicyclic) bond motifs is 7. The fourth-order valence-electron chi connectivity index (χ4n) is 26.8. The van der Waals surface area contributed by atoms with E-state index in [0.717, 1.165) is 153 Å². The Hall–Kier alpha value is -4.28. The van der Waals surface area contributed by atoms with Crippen LogP contribution in [-0.2, 0) is 39.9 Å². The molecule has 2 bridgehead atoms. The second kappa shape index (κ2) is 53.9. The van der Waals surface area contributed by atoms with Gasteiger partial charge >= 0.3 is 0 Å².